The molecule has 3 atom stereocenters. The van der Waals surface area contributed by atoms with E-state index in [2.05, 4.69) is 10.3 Å². The van der Waals surface area contributed by atoms with Crippen molar-refractivity contribution in [2.75, 3.05) is 19.8 Å². The maximum atomic E-state index is 5.75. The SMILES string of the molecule is c1ccc(OC[C@@H]2C[C@@H]3NCCO[C@@H]3C2)nc1. The number of nitrogens with zero attached hydrogens (tertiary/aromatic N) is 1. The van der Waals surface area contributed by atoms with Gasteiger partial charge in [0.2, 0.25) is 5.88 Å². The summed E-state index contributed by atoms with van der Waals surface area (Å²) in [6.45, 7) is 2.57. The summed E-state index contributed by atoms with van der Waals surface area (Å²) in [5.74, 6) is 1.30. The molecule has 4 heteroatoms. The Morgan fingerprint density at radius 2 is 2.41 bits per heavy atom. The Morgan fingerprint density at radius 1 is 1.41 bits per heavy atom. The van der Waals surface area contributed by atoms with Gasteiger partial charge in [0.1, 0.15) is 0 Å². The average Bonchev–Trinajstić information content (AvgIpc) is 2.80. The molecule has 0 aromatic carbocycles. The van der Waals surface area contributed by atoms with Gasteiger partial charge >= 0.3 is 0 Å². The fourth-order valence-corrected chi connectivity index (χ4v) is 2.73. The lowest BCUT2D eigenvalue weighted by Crippen LogP contribution is -2.44. The maximum Gasteiger partial charge on any atom is 0.213 e. The molecular formula is C13H18N2O2. The van der Waals surface area contributed by atoms with Crippen molar-refractivity contribution >= 4 is 0 Å². The van der Waals surface area contributed by atoms with Gasteiger partial charge < -0.3 is 14.8 Å². The van der Waals surface area contributed by atoms with Crippen LogP contribution in [0, 0.1) is 5.92 Å². The average molecular weight is 234 g/mol. The number of morpholine rings is 1. The van der Waals surface area contributed by atoms with Gasteiger partial charge in [0.15, 0.2) is 0 Å². The van der Waals surface area contributed by atoms with Crippen molar-refractivity contribution in [3.63, 3.8) is 0 Å². The van der Waals surface area contributed by atoms with E-state index in [0.29, 0.717) is 18.1 Å². The minimum atomic E-state index is 0.390. The summed E-state index contributed by atoms with van der Waals surface area (Å²) in [5, 5.41) is 3.51. The predicted octanol–water partition coefficient (Wildman–Crippen LogP) is 1.23. The molecule has 2 fully saturated rings. The minimum Gasteiger partial charge on any atom is -0.477 e. The Hall–Kier alpha value is -1.13. The first-order chi connectivity index (χ1) is 8.42. The van der Waals surface area contributed by atoms with Crippen LogP contribution in [0.2, 0.25) is 0 Å². The Labute approximate surface area is 101 Å². The molecular weight excluding hydrogens is 216 g/mol. The third kappa shape index (κ3) is 2.58. The van der Waals surface area contributed by atoms with Crippen LogP contribution in [0.4, 0.5) is 0 Å². The largest absolute Gasteiger partial charge is 0.477 e. The second-order valence-corrected chi connectivity index (χ2v) is 4.79. The molecule has 0 amide bonds. The first-order valence-corrected chi connectivity index (χ1v) is 6.30. The maximum absolute atomic E-state index is 5.75. The molecule has 2 aliphatic rings. The number of hydrogen-bond acceptors (Lipinski definition) is 4. The number of aromatic nitrogens is 1. The summed E-state index contributed by atoms with van der Waals surface area (Å²) in [5.41, 5.74) is 0. The molecule has 1 N–H and O–H groups in total. The molecule has 1 aliphatic heterocycles. The summed E-state index contributed by atoms with van der Waals surface area (Å²) in [4.78, 5) is 4.16. The highest BCUT2D eigenvalue weighted by atomic mass is 16.5. The molecule has 0 spiro atoms. The van der Waals surface area contributed by atoms with Crippen LogP contribution < -0.4 is 10.1 Å². The zero-order valence-electron chi connectivity index (χ0n) is 9.84. The molecule has 92 valence electrons. The molecule has 3 rings (SSSR count). The van der Waals surface area contributed by atoms with Gasteiger partial charge in [-0.3, -0.25) is 0 Å². The molecule has 1 saturated heterocycles. The molecule has 0 bridgehead atoms. The highest BCUT2D eigenvalue weighted by Crippen LogP contribution is 2.30. The van der Waals surface area contributed by atoms with E-state index in [9.17, 15) is 0 Å². The van der Waals surface area contributed by atoms with E-state index in [0.717, 1.165) is 38.5 Å². The van der Waals surface area contributed by atoms with Crippen molar-refractivity contribution in [1.82, 2.24) is 10.3 Å². The van der Waals surface area contributed by atoms with Crippen molar-refractivity contribution in [1.29, 1.82) is 0 Å². The lowest BCUT2D eigenvalue weighted by molar-refractivity contribution is 0.00963. The predicted molar refractivity (Wildman–Crippen MR) is 64.0 cm³/mol. The molecule has 4 nitrogen and oxygen atoms in total. The normalized spacial score (nSPS) is 32.1. The Bertz CT molecular complexity index is 344. The molecule has 1 aromatic rings. The second-order valence-electron chi connectivity index (χ2n) is 4.79. The Balaban J connectivity index is 1.50. The Morgan fingerprint density at radius 3 is 3.24 bits per heavy atom. The van der Waals surface area contributed by atoms with E-state index in [4.69, 9.17) is 9.47 Å². The molecule has 2 heterocycles. The summed E-state index contributed by atoms with van der Waals surface area (Å²) in [6, 6.07) is 6.27. The van der Waals surface area contributed by atoms with Crippen molar-refractivity contribution in [2.24, 2.45) is 5.92 Å². The van der Waals surface area contributed by atoms with Crippen LogP contribution >= 0.6 is 0 Å². The van der Waals surface area contributed by atoms with E-state index in [1.165, 1.54) is 0 Å². The fraction of sp³-hybridized carbons (Fsp3) is 0.615. The number of nitrogens with one attached hydrogen (secondary N) is 1. The second kappa shape index (κ2) is 5.02. The molecule has 1 saturated carbocycles. The van der Waals surface area contributed by atoms with Crippen LogP contribution in [-0.4, -0.2) is 36.9 Å². The number of pyridine rings is 1. The topological polar surface area (TPSA) is 43.4 Å². The van der Waals surface area contributed by atoms with Gasteiger partial charge in [-0.05, 0) is 24.8 Å². The van der Waals surface area contributed by atoms with Gasteiger partial charge in [0, 0.05) is 24.8 Å². The van der Waals surface area contributed by atoms with Crippen LogP contribution in [0.3, 0.4) is 0 Å². The van der Waals surface area contributed by atoms with E-state index >= 15 is 0 Å². The molecule has 0 unspecified atom stereocenters. The number of fused-ring (bicyclic) bond motifs is 1. The van der Waals surface area contributed by atoms with Crippen LogP contribution in [0.15, 0.2) is 24.4 Å². The summed E-state index contributed by atoms with van der Waals surface area (Å²) in [6.07, 6.45) is 4.40. The third-order valence-electron chi connectivity index (χ3n) is 3.55. The molecule has 17 heavy (non-hydrogen) atoms. The first-order valence-electron chi connectivity index (χ1n) is 6.30. The van der Waals surface area contributed by atoms with Gasteiger partial charge in [-0.25, -0.2) is 4.98 Å². The lowest BCUT2D eigenvalue weighted by atomic mass is 10.1. The van der Waals surface area contributed by atoms with Crippen LogP contribution in [-0.2, 0) is 4.74 Å². The zero-order valence-corrected chi connectivity index (χ0v) is 9.84. The minimum absolute atomic E-state index is 0.390. The zero-order chi connectivity index (χ0) is 11.5. The van der Waals surface area contributed by atoms with Gasteiger partial charge in [0.05, 0.1) is 19.3 Å². The monoisotopic (exact) mass is 234 g/mol. The standard InChI is InChI=1S/C13H18N2O2/c1-2-4-15-13(3-1)17-9-10-7-11-12(8-10)16-6-5-14-11/h1-4,10-12,14H,5-9H2/t10-,11+,12-/m1/s1. The van der Waals surface area contributed by atoms with Crippen LogP contribution in [0.25, 0.3) is 0 Å². The lowest BCUT2D eigenvalue weighted by Gasteiger charge is -2.26. The molecule has 1 aliphatic carbocycles. The van der Waals surface area contributed by atoms with E-state index in [-0.39, 0.29) is 0 Å². The van der Waals surface area contributed by atoms with Gasteiger partial charge in [-0.2, -0.15) is 0 Å². The number of ether oxygens (including phenoxy) is 2. The van der Waals surface area contributed by atoms with Gasteiger partial charge in [-0.1, -0.05) is 6.07 Å². The molecule has 0 radical (unpaired) electrons. The highest BCUT2D eigenvalue weighted by molar-refractivity contribution is 5.09. The van der Waals surface area contributed by atoms with Crippen LogP contribution in [0.1, 0.15) is 12.8 Å². The van der Waals surface area contributed by atoms with Gasteiger partial charge in [0.25, 0.3) is 0 Å². The highest BCUT2D eigenvalue weighted by Gasteiger charge is 2.36. The third-order valence-corrected chi connectivity index (χ3v) is 3.55. The summed E-state index contributed by atoms with van der Waals surface area (Å²) >= 11 is 0. The van der Waals surface area contributed by atoms with Gasteiger partial charge in [-0.15, -0.1) is 0 Å². The van der Waals surface area contributed by atoms with E-state index in [1.807, 2.05) is 18.2 Å². The van der Waals surface area contributed by atoms with Crippen molar-refractivity contribution in [2.45, 2.75) is 25.0 Å². The van der Waals surface area contributed by atoms with Crippen molar-refractivity contribution in [3.8, 4) is 5.88 Å². The fourth-order valence-electron chi connectivity index (χ4n) is 2.73. The Kier molecular flexibility index (Phi) is 3.25. The smallest absolute Gasteiger partial charge is 0.213 e. The van der Waals surface area contributed by atoms with Crippen molar-refractivity contribution < 1.29 is 9.47 Å². The summed E-state index contributed by atoms with van der Waals surface area (Å²) in [7, 11) is 0. The number of rotatable bonds is 3. The van der Waals surface area contributed by atoms with E-state index < -0.39 is 0 Å². The van der Waals surface area contributed by atoms with E-state index in [1.54, 1.807) is 6.20 Å². The van der Waals surface area contributed by atoms with Crippen molar-refractivity contribution in [3.05, 3.63) is 24.4 Å². The quantitative estimate of drug-likeness (QED) is 0.854. The molecule has 1 aromatic heterocycles. The van der Waals surface area contributed by atoms with Crippen LogP contribution in [0.5, 0.6) is 5.88 Å². The number of hydrogen-bond donors (Lipinski definition) is 1. The first kappa shape index (κ1) is 11.0. The summed E-state index contributed by atoms with van der Waals surface area (Å²) < 4.78 is 11.5.